The number of fused-ring (bicyclic) bond motifs is 1. The number of anilines is 1. The van der Waals surface area contributed by atoms with Crippen LogP contribution in [-0.4, -0.2) is 58.8 Å². The van der Waals surface area contributed by atoms with Gasteiger partial charge in [0, 0.05) is 17.5 Å². The van der Waals surface area contributed by atoms with Gasteiger partial charge in [0.15, 0.2) is 0 Å². The maximum Gasteiger partial charge on any atom is 0.229 e. The van der Waals surface area contributed by atoms with E-state index in [2.05, 4.69) is 41.2 Å². The van der Waals surface area contributed by atoms with E-state index in [-0.39, 0.29) is 17.4 Å². The average molecular weight is 436 g/mol. The van der Waals surface area contributed by atoms with Gasteiger partial charge in [0.05, 0.1) is 24.9 Å². The van der Waals surface area contributed by atoms with E-state index in [0.29, 0.717) is 30.4 Å². The summed E-state index contributed by atoms with van der Waals surface area (Å²) < 4.78 is 5.55. The fourth-order valence-corrected chi connectivity index (χ4v) is 6.13. The lowest BCUT2D eigenvalue weighted by Crippen LogP contribution is -2.56. The van der Waals surface area contributed by atoms with Crippen LogP contribution in [0.1, 0.15) is 56.1 Å². The third-order valence-electron chi connectivity index (χ3n) is 8.80. The molecule has 2 aliphatic heterocycles. The predicted octanol–water partition coefficient (Wildman–Crippen LogP) is 3.61. The molecule has 0 unspecified atom stereocenters. The van der Waals surface area contributed by atoms with Gasteiger partial charge in [-0.15, -0.1) is 0 Å². The van der Waals surface area contributed by atoms with Gasteiger partial charge in [-0.3, -0.25) is 9.69 Å². The number of pyridine rings is 1. The molecule has 3 heterocycles. The first-order valence-corrected chi connectivity index (χ1v) is 12.1. The molecular formula is C26H33N3O3. The number of carbonyl (C=O) groups is 1. The van der Waals surface area contributed by atoms with Gasteiger partial charge in [0.25, 0.3) is 0 Å². The standard InChI is InChI=1S/C26H33N3O3/c1-16-9-19-13-27-23(28-24(31)21-12-26(21)5-6-26)11-18(19)10-20(16)17-3-7-29(8-4-17)25(2)15-32-14-22(25)30/h9-11,13,17,21-22,30H,3-8,12,14-15H2,1-2H3,(H,27,28,31)/t21-,22+,25-/m1/s1. The first-order chi connectivity index (χ1) is 15.4. The Labute approximate surface area is 189 Å². The number of carbonyl (C=O) groups excluding carboxylic acids is 1. The Morgan fingerprint density at radius 3 is 2.66 bits per heavy atom. The van der Waals surface area contributed by atoms with Crippen molar-refractivity contribution in [1.29, 1.82) is 0 Å². The van der Waals surface area contributed by atoms with Crippen LogP contribution < -0.4 is 5.32 Å². The molecule has 0 radical (unpaired) electrons. The lowest BCUT2D eigenvalue weighted by Gasteiger charge is -2.44. The molecule has 4 fully saturated rings. The van der Waals surface area contributed by atoms with Crippen molar-refractivity contribution >= 4 is 22.5 Å². The molecule has 2 aromatic rings. The Morgan fingerprint density at radius 2 is 2.00 bits per heavy atom. The zero-order valence-corrected chi connectivity index (χ0v) is 19.1. The Balaban J connectivity index is 1.18. The summed E-state index contributed by atoms with van der Waals surface area (Å²) in [5.41, 5.74) is 2.80. The molecule has 2 N–H and O–H groups in total. The molecule has 3 atom stereocenters. The molecule has 6 nitrogen and oxygen atoms in total. The molecule has 1 aromatic heterocycles. The van der Waals surface area contributed by atoms with Gasteiger partial charge in [-0.1, -0.05) is 6.07 Å². The number of aliphatic hydroxyl groups excluding tert-OH is 1. The maximum atomic E-state index is 12.5. The van der Waals surface area contributed by atoms with Crippen LogP contribution in [0.5, 0.6) is 0 Å². The molecule has 1 spiro atoms. The van der Waals surface area contributed by atoms with E-state index in [1.807, 2.05) is 12.3 Å². The summed E-state index contributed by atoms with van der Waals surface area (Å²) in [6.45, 7) is 7.31. The Bertz CT molecular complexity index is 1070. The van der Waals surface area contributed by atoms with Crippen LogP contribution in [0, 0.1) is 18.3 Å². The quantitative estimate of drug-likeness (QED) is 0.767. The van der Waals surface area contributed by atoms with Crippen molar-refractivity contribution in [2.24, 2.45) is 11.3 Å². The highest BCUT2D eigenvalue weighted by Gasteiger charge is 2.65. The van der Waals surface area contributed by atoms with Crippen LogP contribution in [0.15, 0.2) is 24.4 Å². The number of likely N-dealkylation sites (tertiary alicyclic amines) is 1. The van der Waals surface area contributed by atoms with Crippen molar-refractivity contribution in [3.8, 4) is 0 Å². The number of piperidine rings is 1. The minimum absolute atomic E-state index is 0.139. The maximum absolute atomic E-state index is 12.5. The van der Waals surface area contributed by atoms with Gasteiger partial charge >= 0.3 is 0 Å². The molecule has 170 valence electrons. The van der Waals surface area contributed by atoms with Crippen molar-refractivity contribution in [1.82, 2.24) is 9.88 Å². The van der Waals surface area contributed by atoms with E-state index in [9.17, 15) is 9.90 Å². The molecule has 1 aromatic carbocycles. The smallest absolute Gasteiger partial charge is 0.229 e. The number of rotatable bonds is 4. The Kier molecular flexibility index (Phi) is 4.66. The van der Waals surface area contributed by atoms with Gasteiger partial charge in [-0.2, -0.15) is 0 Å². The Morgan fingerprint density at radius 1 is 1.22 bits per heavy atom. The second-order valence-electron chi connectivity index (χ2n) is 10.9. The highest BCUT2D eigenvalue weighted by Crippen LogP contribution is 2.70. The van der Waals surface area contributed by atoms with Crippen LogP contribution in [0.4, 0.5) is 5.82 Å². The van der Waals surface area contributed by atoms with Gasteiger partial charge in [0.2, 0.25) is 5.91 Å². The van der Waals surface area contributed by atoms with E-state index in [0.717, 1.165) is 43.1 Å². The zero-order chi connectivity index (χ0) is 22.1. The monoisotopic (exact) mass is 435 g/mol. The second kappa shape index (κ2) is 7.24. The molecule has 0 bridgehead atoms. The van der Waals surface area contributed by atoms with Crippen LogP contribution >= 0.6 is 0 Å². The van der Waals surface area contributed by atoms with E-state index < -0.39 is 6.10 Å². The lowest BCUT2D eigenvalue weighted by atomic mass is 9.83. The summed E-state index contributed by atoms with van der Waals surface area (Å²) in [5.74, 6) is 1.51. The fraction of sp³-hybridized carbons (Fsp3) is 0.615. The SMILES string of the molecule is Cc1cc2cnc(NC(=O)[C@H]3CC34CC4)cc2cc1C1CCN([C@]2(C)COC[C@@H]2O)CC1. The van der Waals surface area contributed by atoms with E-state index in [4.69, 9.17) is 4.74 Å². The summed E-state index contributed by atoms with van der Waals surface area (Å²) in [4.78, 5) is 19.5. The van der Waals surface area contributed by atoms with Crippen LogP contribution in [0.2, 0.25) is 0 Å². The number of aliphatic hydroxyl groups is 1. The van der Waals surface area contributed by atoms with Crippen LogP contribution in [0.25, 0.3) is 10.8 Å². The fourth-order valence-electron chi connectivity index (χ4n) is 6.13. The number of ether oxygens (including phenoxy) is 1. The number of aryl methyl sites for hydroxylation is 1. The van der Waals surface area contributed by atoms with Crippen molar-refractivity contribution < 1.29 is 14.6 Å². The molecule has 2 aliphatic carbocycles. The van der Waals surface area contributed by atoms with Crippen molar-refractivity contribution in [2.75, 3.05) is 31.6 Å². The van der Waals surface area contributed by atoms with Crippen molar-refractivity contribution in [3.63, 3.8) is 0 Å². The minimum atomic E-state index is -0.409. The molecule has 6 heteroatoms. The molecule has 2 saturated carbocycles. The predicted molar refractivity (Wildman–Crippen MR) is 124 cm³/mol. The second-order valence-corrected chi connectivity index (χ2v) is 10.9. The normalized spacial score (nSPS) is 31.8. The van der Waals surface area contributed by atoms with Crippen LogP contribution in [0.3, 0.4) is 0 Å². The van der Waals surface area contributed by atoms with Gasteiger partial charge in [-0.25, -0.2) is 4.98 Å². The zero-order valence-electron chi connectivity index (χ0n) is 19.1. The third-order valence-corrected chi connectivity index (χ3v) is 8.80. The van der Waals surface area contributed by atoms with Gasteiger partial charge in [0.1, 0.15) is 5.82 Å². The Hall–Kier alpha value is -2.02. The van der Waals surface area contributed by atoms with Gasteiger partial charge in [-0.05, 0) is 99.0 Å². The summed E-state index contributed by atoms with van der Waals surface area (Å²) >= 11 is 0. The summed E-state index contributed by atoms with van der Waals surface area (Å²) in [5, 5.41) is 15.7. The topological polar surface area (TPSA) is 74.7 Å². The van der Waals surface area contributed by atoms with E-state index in [1.54, 1.807) is 0 Å². The molecule has 32 heavy (non-hydrogen) atoms. The average Bonchev–Trinajstić information content (AvgIpc) is 3.70. The highest BCUT2D eigenvalue weighted by atomic mass is 16.5. The first-order valence-electron chi connectivity index (χ1n) is 12.1. The summed E-state index contributed by atoms with van der Waals surface area (Å²) in [7, 11) is 0. The summed E-state index contributed by atoms with van der Waals surface area (Å²) in [6, 6.07) is 6.56. The molecule has 1 amide bonds. The number of amides is 1. The number of nitrogens with one attached hydrogen (secondary N) is 1. The molecule has 2 saturated heterocycles. The molecular weight excluding hydrogens is 402 g/mol. The van der Waals surface area contributed by atoms with Gasteiger partial charge < -0.3 is 15.2 Å². The van der Waals surface area contributed by atoms with Crippen molar-refractivity contribution in [2.45, 2.75) is 63.5 Å². The van der Waals surface area contributed by atoms with E-state index >= 15 is 0 Å². The third kappa shape index (κ3) is 3.35. The van der Waals surface area contributed by atoms with Crippen LogP contribution in [-0.2, 0) is 9.53 Å². The largest absolute Gasteiger partial charge is 0.389 e. The number of hydrogen-bond donors (Lipinski definition) is 2. The first kappa shape index (κ1) is 20.6. The van der Waals surface area contributed by atoms with Crippen molar-refractivity contribution in [3.05, 3.63) is 35.5 Å². The number of benzene rings is 1. The molecule has 4 aliphatic rings. The highest BCUT2D eigenvalue weighted by molar-refractivity contribution is 5.96. The van der Waals surface area contributed by atoms with E-state index in [1.165, 1.54) is 24.0 Å². The number of aromatic nitrogens is 1. The number of nitrogens with zero attached hydrogens (tertiary/aromatic N) is 2. The summed E-state index contributed by atoms with van der Waals surface area (Å²) in [6.07, 6.45) is 7.10. The molecule has 6 rings (SSSR count). The lowest BCUT2D eigenvalue weighted by molar-refractivity contribution is -0.117. The minimum Gasteiger partial charge on any atom is -0.389 e. The number of hydrogen-bond acceptors (Lipinski definition) is 5.